The van der Waals surface area contributed by atoms with E-state index in [0.29, 0.717) is 10.9 Å². The van der Waals surface area contributed by atoms with Crippen molar-refractivity contribution in [2.75, 3.05) is 6.61 Å². The summed E-state index contributed by atoms with van der Waals surface area (Å²) in [7, 11) is 2.21. The maximum atomic E-state index is 12.8. The van der Waals surface area contributed by atoms with Crippen molar-refractivity contribution in [1.29, 1.82) is 0 Å². The van der Waals surface area contributed by atoms with Gasteiger partial charge in [0.2, 0.25) is 0 Å². The number of oxime groups is 1. The van der Waals surface area contributed by atoms with Gasteiger partial charge >= 0.3 is 0 Å². The van der Waals surface area contributed by atoms with Crippen LogP contribution >= 0.6 is 9.24 Å². The van der Waals surface area contributed by atoms with Crippen molar-refractivity contribution >= 4 is 20.3 Å². The Balaban J connectivity index is 3.10. The molecule has 1 aromatic rings. The summed E-state index contributed by atoms with van der Waals surface area (Å²) in [4.78, 5) is 0. The molecule has 5 heteroatoms. The van der Waals surface area contributed by atoms with Gasteiger partial charge in [-0.3, -0.25) is 0 Å². The maximum Gasteiger partial charge on any atom is 0.130 e. The van der Waals surface area contributed by atoms with Gasteiger partial charge in [0.1, 0.15) is 11.5 Å². The van der Waals surface area contributed by atoms with Gasteiger partial charge in [-0.05, 0) is 18.2 Å². The van der Waals surface area contributed by atoms with Crippen molar-refractivity contribution in [1.82, 2.24) is 0 Å². The Hall–Kier alpha value is -0.990. The van der Waals surface area contributed by atoms with Gasteiger partial charge in [-0.25, -0.2) is 4.39 Å². The van der Waals surface area contributed by atoms with E-state index in [4.69, 9.17) is 10.3 Å². The fourth-order valence-corrected chi connectivity index (χ4v) is 1.18. The van der Waals surface area contributed by atoms with E-state index in [0.717, 1.165) is 0 Å². The fourth-order valence-electron chi connectivity index (χ4n) is 0.904. The molecule has 0 aliphatic heterocycles. The molecule has 0 amide bonds. The third-order valence-electron chi connectivity index (χ3n) is 1.60. The lowest BCUT2D eigenvalue weighted by molar-refractivity contribution is 0.304. The van der Waals surface area contributed by atoms with E-state index in [9.17, 15) is 4.39 Å². The lowest BCUT2D eigenvalue weighted by atomic mass is 10.1. The molecule has 1 rings (SSSR count). The Kier molecular flexibility index (Phi) is 3.34. The average molecular weight is 201 g/mol. The summed E-state index contributed by atoms with van der Waals surface area (Å²) < 4.78 is 12.8. The van der Waals surface area contributed by atoms with Crippen molar-refractivity contribution in [2.45, 2.75) is 0 Å². The summed E-state index contributed by atoms with van der Waals surface area (Å²) in [6.45, 7) is -0.383. The van der Waals surface area contributed by atoms with Gasteiger partial charge in [0.15, 0.2) is 0 Å². The third-order valence-corrected chi connectivity index (χ3v) is 2.04. The molecule has 1 atom stereocenters. The Morgan fingerprint density at radius 1 is 1.54 bits per heavy atom. The number of benzene rings is 1. The van der Waals surface area contributed by atoms with Crippen LogP contribution in [0.3, 0.4) is 0 Å². The molecule has 2 N–H and O–H groups in total. The normalized spacial score (nSPS) is 11.8. The summed E-state index contributed by atoms with van der Waals surface area (Å²) in [5.74, 6) is -0.357. The van der Waals surface area contributed by atoms with Crippen molar-refractivity contribution < 1.29 is 14.7 Å². The highest BCUT2D eigenvalue weighted by Gasteiger charge is 2.05. The molecule has 0 radical (unpaired) electrons. The average Bonchev–Trinajstić information content (AvgIpc) is 2.13. The van der Waals surface area contributed by atoms with E-state index in [-0.39, 0.29) is 18.1 Å². The minimum absolute atomic E-state index is 0.115. The van der Waals surface area contributed by atoms with Crippen LogP contribution in [0.5, 0.6) is 0 Å². The molecule has 70 valence electrons. The summed E-state index contributed by atoms with van der Waals surface area (Å²) in [6.07, 6.45) is 0. The molecule has 0 bridgehead atoms. The monoisotopic (exact) mass is 201 g/mol. The topological polar surface area (TPSA) is 52.8 Å². The number of nitrogens with zero attached hydrogens (tertiary/aromatic N) is 1. The molecule has 0 heterocycles. The molecule has 0 aliphatic carbocycles. The highest BCUT2D eigenvalue weighted by atomic mass is 31.0. The fraction of sp³-hybridized carbons (Fsp3) is 0.125. The second kappa shape index (κ2) is 4.30. The highest BCUT2D eigenvalue weighted by molar-refractivity contribution is 7.27. The minimum Gasteiger partial charge on any atom is -0.411 e. The second-order valence-corrected chi connectivity index (χ2v) is 3.06. The van der Waals surface area contributed by atoms with E-state index in [1.807, 2.05) is 0 Å². The number of rotatable bonds is 2. The molecule has 0 spiro atoms. The van der Waals surface area contributed by atoms with Crippen LogP contribution in [0.4, 0.5) is 4.39 Å². The Morgan fingerprint density at radius 2 is 2.23 bits per heavy atom. The summed E-state index contributed by atoms with van der Waals surface area (Å²) >= 11 is 0. The van der Waals surface area contributed by atoms with Crippen molar-refractivity contribution in [3.8, 4) is 0 Å². The molecule has 0 fully saturated rings. The first-order valence-corrected chi connectivity index (χ1v) is 4.14. The summed E-state index contributed by atoms with van der Waals surface area (Å²) in [5.41, 5.74) is 0.611. The van der Waals surface area contributed by atoms with Crippen LogP contribution < -0.4 is 5.30 Å². The molecule has 1 unspecified atom stereocenters. The van der Waals surface area contributed by atoms with Gasteiger partial charge in [0.05, 0.1) is 6.61 Å². The molecule has 0 aliphatic rings. The minimum atomic E-state index is -0.383. The first-order chi connectivity index (χ1) is 6.19. The van der Waals surface area contributed by atoms with Crippen molar-refractivity contribution in [3.63, 3.8) is 0 Å². The zero-order valence-corrected chi connectivity index (χ0v) is 7.89. The number of hydrogen-bond acceptors (Lipinski definition) is 3. The molecule has 3 nitrogen and oxygen atoms in total. The van der Waals surface area contributed by atoms with Crippen LogP contribution in [0.25, 0.3) is 0 Å². The SMILES string of the molecule is OC/C(=N/O)c1ccc(F)c(P)c1. The van der Waals surface area contributed by atoms with Crippen LogP contribution in [0.1, 0.15) is 5.56 Å². The van der Waals surface area contributed by atoms with Gasteiger partial charge < -0.3 is 10.3 Å². The van der Waals surface area contributed by atoms with Crippen LogP contribution in [-0.4, -0.2) is 22.6 Å². The summed E-state index contributed by atoms with van der Waals surface area (Å²) in [5, 5.41) is 20.5. The lowest BCUT2D eigenvalue weighted by Gasteiger charge is -2.02. The number of halogens is 1. The first-order valence-electron chi connectivity index (χ1n) is 3.56. The Morgan fingerprint density at radius 3 is 2.69 bits per heavy atom. The van der Waals surface area contributed by atoms with Gasteiger partial charge in [0.25, 0.3) is 0 Å². The largest absolute Gasteiger partial charge is 0.411 e. The van der Waals surface area contributed by atoms with Crippen molar-refractivity contribution in [2.24, 2.45) is 5.16 Å². The first kappa shape index (κ1) is 10.1. The molecular weight excluding hydrogens is 192 g/mol. The Bertz CT molecular complexity index is 341. The zero-order valence-electron chi connectivity index (χ0n) is 6.74. The van der Waals surface area contributed by atoms with E-state index in [1.165, 1.54) is 18.2 Å². The smallest absolute Gasteiger partial charge is 0.130 e. The molecule has 0 aromatic heterocycles. The van der Waals surface area contributed by atoms with E-state index >= 15 is 0 Å². The molecular formula is C8H9FNO2P. The standard InChI is InChI=1S/C8H9FNO2P/c9-6-2-1-5(3-8(6)13)7(4-11)10-12/h1-3,11-12H,4,13H2/b10-7-. The number of aliphatic hydroxyl groups is 1. The number of hydrogen-bond donors (Lipinski definition) is 2. The molecule has 0 saturated carbocycles. The zero-order chi connectivity index (χ0) is 9.84. The Labute approximate surface area is 77.1 Å². The maximum absolute atomic E-state index is 12.8. The van der Waals surface area contributed by atoms with E-state index in [1.54, 1.807) is 0 Å². The third kappa shape index (κ3) is 2.23. The number of aliphatic hydroxyl groups excluding tert-OH is 1. The van der Waals surface area contributed by atoms with Gasteiger partial charge in [-0.1, -0.05) is 5.16 Å². The molecule has 0 saturated heterocycles. The molecule has 13 heavy (non-hydrogen) atoms. The van der Waals surface area contributed by atoms with Crippen LogP contribution in [0.15, 0.2) is 23.4 Å². The molecule has 1 aromatic carbocycles. The van der Waals surface area contributed by atoms with Gasteiger partial charge in [0, 0.05) is 10.9 Å². The summed E-state index contributed by atoms with van der Waals surface area (Å²) in [6, 6.07) is 4.16. The van der Waals surface area contributed by atoms with Crippen LogP contribution in [0.2, 0.25) is 0 Å². The van der Waals surface area contributed by atoms with E-state index < -0.39 is 0 Å². The van der Waals surface area contributed by atoms with E-state index in [2.05, 4.69) is 14.4 Å². The predicted molar refractivity (Wildman–Crippen MR) is 51.2 cm³/mol. The van der Waals surface area contributed by atoms with Crippen molar-refractivity contribution in [3.05, 3.63) is 29.6 Å². The highest BCUT2D eigenvalue weighted by Crippen LogP contribution is 2.05. The van der Waals surface area contributed by atoms with Crippen LogP contribution in [0, 0.1) is 5.82 Å². The second-order valence-electron chi connectivity index (χ2n) is 2.44. The quantitative estimate of drug-likeness (QED) is 0.317. The van der Waals surface area contributed by atoms with Gasteiger partial charge in [-0.15, -0.1) is 9.24 Å². The van der Waals surface area contributed by atoms with Crippen LogP contribution in [-0.2, 0) is 0 Å². The lowest BCUT2D eigenvalue weighted by Crippen LogP contribution is -2.10. The predicted octanol–water partition coefficient (Wildman–Crippen LogP) is 0.497. The van der Waals surface area contributed by atoms with Gasteiger partial charge in [-0.2, -0.15) is 0 Å².